The summed E-state index contributed by atoms with van der Waals surface area (Å²) in [5, 5.41) is 0. The van der Waals surface area contributed by atoms with Gasteiger partial charge in [0.25, 0.3) is 5.56 Å². The fourth-order valence-electron chi connectivity index (χ4n) is 3.12. The Hall–Kier alpha value is -3.72. The van der Waals surface area contributed by atoms with Crippen LogP contribution in [0.4, 0.5) is 58.4 Å². The first-order valence-corrected chi connectivity index (χ1v) is 9.19. The minimum absolute atomic E-state index is 0.0442. The van der Waals surface area contributed by atoms with Crippen LogP contribution in [0.1, 0.15) is 22.4 Å². The van der Waals surface area contributed by atoms with Crippen molar-refractivity contribution in [1.82, 2.24) is 9.55 Å². The molecule has 0 aliphatic rings. The highest BCUT2D eigenvalue weighted by Crippen LogP contribution is 2.42. The van der Waals surface area contributed by atoms with Crippen LogP contribution in [0, 0.1) is 0 Å². The van der Waals surface area contributed by atoms with Gasteiger partial charge in [0, 0.05) is 5.56 Å². The number of anilines is 1. The van der Waals surface area contributed by atoms with Crippen LogP contribution in [-0.4, -0.2) is 9.55 Å². The summed E-state index contributed by atoms with van der Waals surface area (Å²) >= 11 is 0. The van der Waals surface area contributed by atoms with Gasteiger partial charge in [-0.2, -0.15) is 52.7 Å². The van der Waals surface area contributed by atoms with Gasteiger partial charge in [-0.3, -0.25) is 9.36 Å². The average Bonchev–Trinajstić information content (AvgIpc) is 2.72. The van der Waals surface area contributed by atoms with E-state index in [9.17, 15) is 57.5 Å². The van der Waals surface area contributed by atoms with Gasteiger partial charge in [-0.25, -0.2) is 4.98 Å². The van der Waals surface area contributed by atoms with E-state index in [0.717, 1.165) is 0 Å². The third-order valence-corrected chi connectivity index (χ3v) is 4.73. The van der Waals surface area contributed by atoms with Crippen molar-refractivity contribution >= 4 is 5.69 Å². The van der Waals surface area contributed by atoms with Crippen LogP contribution in [0.25, 0.3) is 17.1 Å². The van der Waals surface area contributed by atoms with Gasteiger partial charge >= 0.3 is 24.7 Å². The standard InChI is InChI=1S/C20H9F12N3O/c21-17(22,23)8-1-4-10(5-2-8)35-15(34-14(20(30,31)32)13(33)16(35)36)11-6-3-9(18(24,25)26)7-12(11)19(27,28)29/h1-7H,33H2. The van der Waals surface area contributed by atoms with E-state index in [2.05, 4.69) is 4.98 Å². The lowest BCUT2D eigenvalue weighted by Crippen LogP contribution is -2.30. The molecule has 194 valence electrons. The molecule has 2 aromatic carbocycles. The van der Waals surface area contributed by atoms with E-state index in [1.807, 2.05) is 0 Å². The molecule has 2 N–H and O–H groups in total. The predicted octanol–water partition coefficient (Wildman–Crippen LogP) is 6.56. The molecule has 0 saturated heterocycles. The van der Waals surface area contributed by atoms with Gasteiger partial charge in [0.2, 0.25) is 0 Å². The van der Waals surface area contributed by atoms with Crippen LogP contribution < -0.4 is 11.3 Å². The van der Waals surface area contributed by atoms with Gasteiger partial charge in [0.15, 0.2) is 5.69 Å². The van der Waals surface area contributed by atoms with Gasteiger partial charge in [0.05, 0.1) is 22.4 Å². The molecule has 1 aromatic heterocycles. The van der Waals surface area contributed by atoms with Crippen molar-refractivity contribution < 1.29 is 52.7 Å². The molecule has 3 rings (SSSR count). The fourth-order valence-corrected chi connectivity index (χ4v) is 3.12. The van der Waals surface area contributed by atoms with Crippen molar-refractivity contribution in [3.63, 3.8) is 0 Å². The first-order chi connectivity index (χ1) is 16.2. The van der Waals surface area contributed by atoms with Crippen LogP contribution in [0.5, 0.6) is 0 Å². The molecule has 36 heavy (non-hydrogen) atoms. The number of alkyl halides is 12. The third kappa shape index (κ3) is 5.11. The van der Waals surface area contributed by atoms with Crippen LogP contribution >= 0.6 is 0 Å². The van der Waals surface area contributed by atoms with Crippen molar-refractivity contribution in [2.45, 2.75) is 24.7 Å². The topological polar surface area (TPSA) is 60.9 Å². The average molecular weight is 535 g/mol. The SMILES string of the molecule is Nc1c(C(F)(F)F)nc(-c2ccc(C(F)(F)F)cc2C(F)(F)F)n(-c2ccc(C(F)(F)F)cc2)c1=O. The van der Waals surface area contributed by atoms with E-state index in [4.69, 9.17) is 5.73 Å². The van der Waals surface area contributed by atoms with Gasteiger partial charge in [-0.15, -0.1) is 0 Å². The zero-order valence-electron chi connectivity index (χ0n) is 17.0. The Balaban J connectivity index is 2.46. The Morgan fingerprint density at radius 1 is 0.667 bits per heavy atom. The van der Waals surface area contributed by atoms with Crippen molar-refractivity contribution in [2.75, 3.05) is 5.73 Å². The van der Waals surface area contributed by atoms with E-state index in [-0.39, 0.29) is 16.7 Å². The molecule has 0 saturated carbocycles. The molecule has 0 amide bonds. The quantitative estimate of drug-likeness (QED) is 0.379. The highest BCUT2D eigenvalue weighted by molar-refractivity contribution is 5.67. The third-order valence-electron chi connectivity index (χ3n) is 4.73. The van der Waals surface area contributed by atoms with Crippen molar-refractivity contribution in [1.29, 1.82) is 0 Å². The lowest BCUT2D eigenvalue weighted by atomic mass is 10.0. The maximum Gasteiger partial charge on any atom is 0.435 e. The van der Waals surface area contributed by atoms with Crippen LogP contribution in [0.3, 0.4) is 0 Å². The Labute approximate surface area is 191 Å². The summed E-state index contributed by atoms with van der Waals surface area (Å²) in [6.45, 7) is 0. The molecule has 1 heterocycles. The summed E-state index contributed by atoms with van der Waals surface area (Å²) in [6.07, 6.45) is -21.2. The predicted molar refractivity (Wildman–Crippen MR) is 99.7 cm³/mol. The van der Waals surface area contributed by atoms with Crippen LogP contribution in [0.2, 0.25) is 0 Å². The van der Waals surface area contributed by atoms with E-state index in [0.29, 0.717) is 24.3 Å². The van der Waals surface area contributed by atoms with Crippen molar-refractivity contribution in [2.24, 2.45) is 0 Å². The molecule has 16 heteroatoms. The first-order valence-electron chi connectivity index (χ1n) is 9.19. The first kappa shape index (κ1) is 26.9. The lowest BCUT2D eigenvalue weighted by Gasteiger charge is -2.21. The number of nitrogens with zero attached hydrogens (tertiary/aromatic N) is 2. The number of rotatable bonds is 2. The number of hydrogen-bond acceptors (Lipinski definition) is 3. The largest absolute Gasteiger partial charge is 0.435 e. The summed E-state index contributed by atoms with van der Waals surface area (Å²) in [5.74, 6) is -1.46. The fraction of sp³-hybridized carbons (Fsp3) is 0.200. The molecule has 0 spiro atoms. The Bertz CT molecular complexity index is 1350. The van der Waals surface area contributed by atoms with E-state index in [1.165, 1.54) is 0 Å². The summed E-state index contributed by atoms with van der Waals surface area (Å²) in [6, 6.07) is 1.68. The molecule has 0 aliphatic carbocycles. The minimum Gasteiger partial charge on any atom is -0.392 e. The van der Waals surface area contributed by atoms with Gasteiger partial charge < -0.3 is 5.73 Å². The van der Waals surface area contributed by atoms with Gasteiger partial charge in [-0.1, -0.05) is 6.07 Å². The Morgan fingerprint density at radius 2 is 1.17 bits per heavy atom. The number of halogens is 12. The maximum absolute atomic E-state index is 13.7. The number of benzene rings is 2. The molecule has 0 atom stereocenters. The van der Waals surface area contributed by atoms with E-state index in [1.54, 1.807) is 0 Å². The zero-order chi connectivity index (χ0) is 27.4. The van der Waals surface area contributed by atoms with Gasteiger partial charge in [-0.05, 0) is 36.4 Å². The summed E-state index contributed by atoms with van der Waals surface area (Å²) in [5.41, 5.74) is -7.65. The molecule has 0 aliphatic heterocycles. The molecule has 0 unspecified atom stereocenters. The van der Waals surface area contributed by atoms with Crippen LogP contribution in [0.15, 0.2) is 47.3 Å². The highest BCUT2D eigenvalue weighted by Gasteiger charge is 2.42. The molecular formula is C20H9F12N3O. The summed E-state index contributed by atoms with van der Waals surface area (Å²) < 4.78 is 159. The Kier molecular flexibility index (Phi) is 6.30. The van der Waals surface area contributed by atoms with E-state index < -0.39 is 81.5 Å². The second-order valence-electron chi connectivity index (χ2n) is 7.14. The molecule has 4 nitrogen and oxygen atoms in total. The molecular weight excluding hydrogens is 526 g/mol. The summed E-state index contributed by atoms with van der Waals surface area (Å²) in [4.78, 5) is 15.7. The van der Waals surface area contributed by atoms with Crippen molar-refractivity contribution in [3.8, 4) is 17.1 Å². The molecule has 0 bridgehead atoms. The second kappa shape index (κ2) is 8.44. The monoisotopic (exact) mass is 535 g/mol. The van der Waals surface area contributed by atoms with Gasteiger partial charge in [0.1, 0.15) is 11.5 Å². The zero-order valence-corrected chi connectivity index (χ0v) is 17.0. The van der Waals surface area contributed by atoms with Crippen molar-refractivity contribution in [3.05, 3.63) is 75.2 Å². The highest BCUT2D eigenvalue weighted by atomic mass is 19.4. The number of nitrogen functional groups attached to an aromatic ring is 1. The maximum atomic E-state index is 13.7. The molecule has 0 fully saturated rings. The van der Waals surface area contributed by atoms with E-state index >= 15 is 0 Å². The summed E-state index contributed by atoms with van der Waals surface area (Å²) in [7, 11) is 0. The number of aromatic nitrogens is 2. The van der Waals surface area contributed by atoms with Crippen LogP contribution in [-0.2, 0) is 24.7 Å². The molecule has 0 radical (unpaired) electrons. The molecule has 3 aromatic rings. The minimum atomic E-state index is -5.58. The normalized spacial score (nSPS) is 13.2. The lowest BCUT2D eigenvalue weighted by molar-refractivity contribution is -0.143. The number of hydrogen-bond donors (Lipinski definition) is 1. The number of nitrogens with two attached hydrogens (primary N) is 1. The second-order valence-corrected chi connectivity index (χ2v) is 7.14. The smallest absolute Gasteiger partial charge is 0.392 e. The Morgan fingerprint density at radius 3 is 1.61 bits per heavy atom.